The average molecular weight is 1280 g/mol. The first-order chi connectivity index (χ1) is 41.5. The standard InChI is InChI=1S/C61H96O28/c1-12-23(2)49(77)88-47-46(74)61-30(19-55(47,5)6)60(89-54(61)78)18-14-29-57(9)16-15-31(56(7,8)28(57)13-17-58(29,10)59(60,11)20-32(61)80-25(4)64)83-53-45(87-51-40(72)37(69)34(66)26(21-62)81-51)42(41(73)43(85-53)48(75)76)84-52-44(38(70)35(67)27(22-63)82-52)86-50-39(71)36(68)33(65)24(3)79-50/h12,24,26-47,50-54,62-63,65-74,78H,13-22H2,1-11H3,(H,75,76). The zero-order chi connectivity index (χ0) is 65.5. The Labute approximate surface area is 516 Å². The van der Waals surface area contributed by atoms with Gasteiger partial charge in [-0.3, -0.25) is 4.79 Å². The van der Waals surface area contributed by atoms with E-state index in [1.165, 1.54) is 13.8 Å². The molecule has 89 heavy (non-hydrogen) atoms. The number of aliphatic hydroxyl groups is 13. The molecule has 10 aliphatic rings. The molecular weight excluding hydrogens is 1180 g/mol. The molecule has 5 saturated heterocycles. The van der Waals surface area contributed by atoms with Crippen molar-refractivity contribution in [1.82, 2.24) is 0 Å². The highest BCUT2D eigenvalue weighted by Crippen LogP contribution is 2.82. The third-order valence-corrected chi connectivity index (χ3v) is 24.1. The van der Waals surface area contributed by atoms with Crippen LogP contribution in [0.2, 0.25) is 0 Å². The fourth-order valence-electron chi connectivity index (χ4n) is 19.0. The molecule has 28 heteroatoms. The summed E-state index contributed by atoms with van der Waals surface area (Å²) in [6.07, 6.45) is -39.2. The van der Waals surface area contributed by atoms with E-state index in [4.69, 9.17) is 52.1 Å². The molecule has 5 saturated carbocycles. The Hall–Kier alpha value is -2.73. The topological polar surface area (TPSA) is 436 Å². The minimum Gasteiger partial charge on any atom is -0.479 e. The highest BCUT2D eigenvalue weighted by Gasteiger charge is 2.86. The van der Waals surface area contributed by atoms with Crippen molar-refractivity contribution in [3.8, 4) is 0 Å². The smallest absolute Gasteiger partial charge is 0.335 e. The molecule has 5 aliphatic heterocycles. The fraction of sp³-hybridized carbons (Fsp3) is 0.918. The molecule has 33 unspecified atom stereocenters. The van der Waals surface area contributed by atoms with E-state index in [2.05, 4.69) is 20.8 Å². The first-order valence-corrected chi connectivity index (χ1v) is 31.3. The number of carbonyl (C=O) groups is 3. The van der Waals surface area contributed by atoms with E-state index < -0.39 is 229 Å². The van der Waals surface area contributed by atoms with Crippen molar-refractivity contribution < 1.29 is 138 Å². The third kappa shape index (κ3) is 10.6. The van der Waals surface area contributed by atoms with Gasteiger partial charge < -0.3 is 124 Å². The van der Waals surface area contributed by atoms with Crippen LogP contribution in [0.1, 0.15) is 128 Å². The molecule has 5 aliphatic carbocycles. The third-order valence-electron chi connectivity index (χ3n) is 24.1. The Bertz CT molecular complexity index is 2620. The molecule has 2 bridgehead atoms. The van der Waals surface area contributed by atoms with Gasteiger partial charge in [0.15, 0.2) is 37.6 Å². The minimum atomic E-state index is -2.30. The monoisotopic (exact) mass is 1280 g/mol. The first kappa shape index (κ1) is 69.1. The Morgan fingerprint density at radius 3 is 1.73 bits per heavy atom. The van der Waals surface area contributed by atoms with E-state index in [1.807, 2.05) is 27.7 Å². The maximum atomic E-state index is 13.4. The Balaban J connectivity index is 0.979. The molecule has 5 heterocycles. The van der Waals surface area contributed by atoms with E-state index in [0.29, 0.717) is 44.1 Å². The number of rotatable bonds is 14. The summed E-state index contributed by atoms with van der Waals surface area (Å²) < 4.78 is 68.7. The van der Waals surface area contributed by atoms with Crippen LogP contribution in [0, 0.1) is 50.2 Å². The first-order valence-electron chi connectivity index (χ1n) is 31.3. The summed E-state index contributed by atoms with van der Waals surface area (Å²) in [5.74, 6) is -3.78. The van der Waals surface area contributed by atoms with Gasteiger partial charge in [0.1, 0.15) is 104 Å². The Morgan fingerprint density at radius 1 is 0.562 bits per heavy atom. The van der Waals surface area contributed by atoms with Crippen LogP contribution in [0.4, 0.5) is 0 Å². The molecule has 1 spiro atoms. The molecule has 0 amide bonds. The molecule has 28 nitrogen and oxygen atoms in total. The van der Waals surface area contributed by atoms with Crippen LogP contribution in [-0.4, -0.2) is 262 Å². The number of carboxylic acids is 1. The van der Waals surface area contributed by atoms with Crippen molar-refractivity contribution >= 4 is 17.9 Å². The predicted octanol–water partition coefficient (Wildman–Crippen LogP) is -1.88. The van der Waals surface area contributed by atoms with E-state index in [1.54, 1.807) is 19.9 Å². The van der Waals surface area contributed by atoms with Crippen molar-refractivity contribution in [2.75, 3.05) is 13.2 Å². The number of hydrogen-bond donors (Lipinski definition) is 14. The number of aliphatic carboxylic acids is 1. The molecule has 10 fully saturated rings. The molecule has 33 atom stereocenters. The summed E-state index contributed by atoms with van der Waals surface area (Å²) >= 11 is 0. The van der Waals surface area contributed by atoms with Gasteiger partial charge in [0.2, 0.25) is 0 Å². The van der Waals surface area contributed by atoms with Gasteiger partial charge in [-0.05, 0) is 100 Å². The number of hydrogen-bond acceptors (Lipinski definition) is 27. The number of aliphatic hydroxyl groups excluding tert-OH is 13. The van der Waals surface area contributed by atoms with Crippen LogP contribution >= 0.6 is 0 Å². The van der Waals surface area contributed by atoms with Gasteiger partial charge in [-0.15, -0.1) is 0 Å². The SMILES string of the molecule is CC=C(C)C(=O)OC1C(O)C23C(O)OC4(CCC5C6(C)CCC(OC7OC(C(=O)O)C(O)C(OC8OC(CO)C(O)C(O)C8OC8OC(C)C(O)C(O)C8O)C7OC7OC(CO)C(O)C(O)C7O)C(C)(C)C6CCC5(C)C4(C)CC2OC(C)=O)C3CC1(C)C. The Morgan fingerprint density at radius 2 is 1.12 bits per heavy atom. The molecule has 508 valence electrons. The summed E-state index contributed by atoms with van der Waals surface area (Å²) in [7, 11) is 0. The van der Waals surface area contributed by atoms with Crippen LogP contribution in [0.15, 0.2) is 11.6 Å². The van der Waals surface area contributed by atoms with Crippen molar-refractivity contribution in [2.45, 2.75) is 287 Å². The van der Waals surface area contributed by atoms with Crippen LogP contribution in [0.5, 0.6) is 0 Å². The molecule has 0 aromatic carbocycles. The lowest BCUT2D eigenvalue weighted by Crippen LogP contribution is -2.77. The molecule has 10 rings (SSSR count). The van der Waals surface area contributed by atoms with Gasteiger partial charge in [0, 0.05) is 29.2 Å². The summed E-state index contributed by atoms with van der Waals surface area (Å²) in [4.78, 5) is 40.0. The summed E-state index contributed by atoms with van der Waals surface area (Å²) in [5, 5.41) is 157. The lowest BCUT2D eigenvalue weighted by atomic mass is 9.30. The van der Waals surface area contributed by atoms with Crippen molar-refractivity contribution in [2.24, 2.45) is 50.2 Å². The minimum absolute atomic E-state index is 0.0630. The van der Waals surface area contributed by atoms with Crippen molar-refractivity contribution in [1.29, 1.82) is 0 Å². The molecular formula is C61H96O28. The van der Waals surface area contributed by atoms with E-state index >= 15 is 0 Å². The molecule has 0 radical (unpaired) electrons. The normalized spacial score (nSPS) is 53.5. The second-order valence-electron chi connectivity index (χ2n) is 29.2. The van der Waals surface area contributed by atoms with Crippen molar-refractivity contribution in [3.05, 3.63) is 11.6 Å². The Kier molecular flexibility index (Phi) is 19.0. The highest BCUT2D eigenvalue weighted by molar-refractivity contribution is 5.87. The van der Waals surface area contributed by atoms with E-state index in [-0.39, 0.29) is 24.7 Å². The molecule has 14 N–H and O–H groups in total. The molecule has 0 aromatic rings. The lowest BCUT2D eigenvalue weighted by molar-refractivity contribution is -0.406. The van der Waals surface area contributed by atoms with Crippen LogP contribution < -0.4 is 0 Å². The van der Waals surface area contributed by atoms with Crippen LogP contribution in [0.25, 0.3) is 0 Å². The number of carboxylic acid groups (broad SMARTS) is 1. The summed E-state index contributed by atoms with van der Waals surface area (Å²) in [6.45, 7) is 18.6. The van der Waals surface area contributed by atoms with E-state index in [0.717, 1.165) is 0 Å². The maximum absolute atomic E-state index is 13.4. The fourth-order valence-corrected chi connectivity index (χ4v) is 19.0. The summed E-state index contributed by atoms with van der Waals surface area (Å²) in [6, 6.07) is 0. The number of ether oxygens (including phenoxy) is 11. The average Bonchev–Trinajstić information content (AvgIpc) is 1.57. The van der Waals surface area contributed by atoms with Crippen LogP contribution in [-0.2, 0) is 66.5 Å². The highest BCUT2D eigenvalue weighted by atomic mass is 16.8. The number of allylic oxidation sites excluding steroid dienone is 1. The van der Waals surface area contributed by atoms with Gasteiger partial charge in [0.05, 0.1) is 36.4 Å². The zero-order valence-corrected chi connectivity index (χ0v) is 52.3. The predicted molar refractivity (Wildman–Crippen MR) is 298 cm³/mol. The van der Waals surface area contributed by atoms with Gasteiger partial charge >= 0.3 is 17.9 Å². The van der Waals surface area contributed by atoms with Gasteiger partial charge in [-0.2, -0.15) is 0 Å². The quantitative estimate of drug-likeness (QED) is 0.0514. The second-order valence-corrected chi connectivity index (χ2v) is 29.2. The summed E-state index contributed by atoms with van der Waals surface area (Å²) in [5.41, 5.74) is -5.90. The van der Waals surface area contributed by atoms with E-state index in [9.17, 15) is 85.9 Å². The lowest BCUT2D eigenvalue weighted by Gasteiger charge is -2.75. The van der Waals surface area contributed by atoms with Crippen LogP contribution in [0.3, 0.4) is 0 Å². The zero-order valence-electron chi connectivity index (χ0n) is 52.3. The number of esters is 2. The molecule has 0 aromatic heterocycles. The maximum Gasteiger partial charge on any atom is 0.335 e. The van der Waals surface area contributed by atoms with Crippen molar-refractivity contribution in [3.63, 3.8) is 0 Å². The van der Waals surface area contributed by atoms with Gasteiger partial charge in [-0.25, -0.2) is 9.59 Å². The van der Waals surface area contributed by atoms with Gasteiger partial charge in [0.25, 0.3) is 0 Å². The number of carbonyl (C=O) groups excluding carboxylic acids is 2. The largest absolute Gasteiger partial charge is 0.479 e. The second kappa shape index (κ2) is 24.5. The van der Waals surface area contributed by atoms with Gasteiger partial charge in [-0.1, -0.05) is 54.5 Å². The number of fused-ring (bicyclic) bond motifs is 4.